The smallest absolute Gasteiger partial charge is 0.163 e. The number of ether oxygens (including phenoxy) is 1. The first kappa shape index (κ1) is 10.4. The first-order valence-corrected chi connectivity index (χ1v) is 5.02. The maximum Gasteiger partial charge on any atom is 0.163 e. The lowest BCUT2D eigenvalue weighted by Crippen LogP contribution is -1.96. The molecule has 0 N–H and O–H groups in total. The van der Waals surface area contributed by atoms with Crippen LogP contribution in [0.4, 0.5) is 0 Å². The van der Waals surface area contributed by atoms with E-state index in [1.54, 1.807) is 18.2 Å². The summed E-state index contributed by atoms with van der Waals surface area (Å²) in [5.41, 5.74) is 0.548. The Kier molecular flexibility index (Phi) is 3.01. The summed E-state index contributed by atoms with van der Waals surface area (Å²) in [6.07, 6.45) is 0. The van der Waals surface area contributed by atoms with E-state index < -0.39 is 0 Å². The molecule has 0 heterocycles. The van der Waals surface area contributed by atoms with E-state index in [2.05, 4.69) is 6.07 Å². The van der Waals surface area contributed by atoms with E-state index in [1.807, 2.05) is 30.3 Å². The minimum absolute atomic E-state index is 0.0252. The molecule has 0 aliphatic rings. The number of carbonyl (C=O) groups is 1. The third-order valence-electron chi connectivity index (χ3n) is 2.16. The second kappa shape index (κ2) is 4.62. The average molecular weight is 211 g/mol. The third kappa shape index (κ3) is 2.28. The summed E-state index contributed by atoms with van der Waals surface area (Å²) in [7, 11) is 0. The molecule has 16 heavy (non-hydrogen) atoms. The van der Waals surface area contributed by atoms with Gasteiger partial charge in [-0.25, -0.2) is 0 Å². The standard InChI is InChI=1S/C14H11O2/c1-11(15)13-9-5-6-10-14(13)16-12-7-3-2-4-8-12/h2-9H,1H3. The van der Waals surface area contributed by atoms with E-state index in [0.717, 1.165) is 0 Å². The van der Waals surface area contributed by atoms with Crippen LogP contribution in [0.3, 0.4) is 0 Å². The van der Waals surface area contributed by atoms with Gasteiger partial charge < -0.3 is 4.74 Å². The van der Waals surface area contributed by atoms with Crippen molar-refractivity contribution < 1.29 is 9.53 Å². The Labute approximate surface area is 94.5 Å². The number of hydrogen-bond donors (Lipinski definition) is 0. The second-order valence-corrected chi connectivity index (χ2v) is 3.38. The summed E-state index contributed by atoms with van der Waals surface area (Å²) >= 11 is 0. The van der Waals surface area contributed by atoms with E-state index in [-0.39, 0.29) is 5.78 Å². The molecule has 0 amide bonds. The molecule has 2 rings (SSSR count). The van der Waals surface area contributed by atoms with Crippen molar-refractivity contribution in [1.29, 1.82) is 0 Å². The lowest BCUT2D eigenvalue weighted by Gasteiger charge is -2.08. The molecule has 2 heteroatoms. The molecule has 0 bridgehead atoms. The average Bonchev–Trinajstić information content (AvgIpc) is 2.31. The van der Waals surface area contributed by atoms with Crippen LogP contribution in [0.25, 0.3) is 0 Å². The van der Waals surface area contributed by atoms with Crippen molar-refractivity contribution in [2.24, 2.45) is 0 Å². The van der Waals surface area contributed by atoms with Crippen molar-refractivity contribution in [1.82, 2.24) is 0 Å². The van der Waals surface area contributed by atoms with Crippen LogP contribution in [0.15, 0.2) is 48.5 Å². The molecule has 0 aliphatic heterocycles. The zero-order valence-corrected chi connectivity index (χ0v) is 8.94. The molecule has 0 aliphatic carbocycles. The van der Waals surface area contributed by atoms with Gasteiger partial charge in [0.1, 0.15) is 11.5 Å². The number of Topliss-reactive ketones (excluding diaryl/α,β-unsaturated/α-hetero) is 1. The van der Waals surface area contributed by atoms with Crippen LogP contribution in [-0.2, 0) is 0 Å². The lowest BCUT2D eigenvalue weighted by molar-refractivity contribution is 0.101. The zero-order chi connectivity index (χ0) is 11.4. The Morgan fingerprint density at radius 3 is 2.56 bits per heavy atom. The van der Waals surface area contributed by atoms with E-state index >= 15 is 0 Å². The van der Waals surface area contributed by atoms with Crippen molar-refractivity contribution in [3.8, 4) is 11.5 Å². The van der Waals surface area contributed by atoms with Crippen molar-refractivity contribution >= 4 is 5.78 Å². The molecule has 2 nitrogen and oxygen atoms in total. The highest BCUT2D eigenvalue weighted by molar-refractivity contribution is 5.96. The number of carbonyl (C=O) groups excluding carboxylic acids is 1. The first-order chi connectivity index (χ1) is 7.77. The molecule has 79 valence electrons. The maximum absolute atomic E-state index is 11.4. The molecule has 1 radical (unpaired) electrons. The minimum Gasteiger partial charge on any atom is -0.456 e. The largest absolute Gasteiger partial charge is 0.456 e. The van der Waals surface area contributed by atoms with Gasteiger partial charge >= 0.3 is 0 Å². The third-order valence-corrected chi connectivity index (χ3v) is 2.16. The Balaban J connectivity index is 2.31. The van der Waals surface area contributed by atoms with E-state index in [4.69, 9.17) is 4.74 Å². The number of ketones is 1. The molecule has 0 aromatic heterocycles. The minimum atomic E-state index is -0.0252. The number of hydrogen-bond acceptors (Lipinski definition) is 2. The van der Waals surface area contributed by atoms with Gasteiger partial charge in [-0.2, -0.15) is 0 Å². The van der Waals surface area contributed by atoms with Crippen LogP contribution in [-0.4, -0.2) is 5.78 Å². The molecule has 0 fully saturated rings. The SMILES string of the molecule is CC(=O)c1ccc[c]c1Oc1ccccc1. The van der Waals surface area contributed by atoms with Crippen LogP contribution in [0.5, 0.6) is 11.5 Å². The maximum atomic E-state index is 11.4. The molecule has 0 unspecified atom stereocenters. The highest BCUT2D eigenvalue weighted by atomic mass is 16.5. The summed E-state index contributed by atoms with van der Waals surface area (Å²) in [5.74, 6) is 1.15. The monoisotopic (exact) mass is 211 g/mol. The summed E-state index contributed by atoms with van der Waals surface area (Å²) in [5, 5.41) is 0. The Hall–Kier alpha value is -2.09. The molecular weight excluding hydrogens is 200 g/mol. The summed E-state index contributed by atoms with van der Waals surface area (Å²) in [6, 6.07) is 17.5. The first-order valence-electron chi connectivity index (χ1n) is 5.02. The van der Waals surface area contributed by atoms with Crippen LogP contribution < -0.4 is 4.74 Å². The summed E-state index contributed by atoms with van der Waals surface area (Å²) in [4.78, 5) is 11.4. The quantitative estimate of drug-likeness (QED) is 0.726. The van der Waals surface area contributed by atoms with Gasteiger partial charge in [0.05, 0.1) is 5.56 Å². The Morgan fingerprint density at radius 1 is 1.12 bits per heavy atom. The van der Waals surface area contributed by atoms with Gasteiger partial charge in [-0.05, 0) is 25.1 Å². The van der Waals surface area contributed by atoms with E-state index in [0.29, 0.717) is 17.1 Å². The van der Waals surface area contributed by atoms with Crippen LogP contribution in [0.1, 0.15) is 17.3 Å². The molecule has 0 saturated carbocycles. The summed E-state index contributed by atoms with van der Waals surface area (Å²) in [6.45, 7) is 1.51. The van der Waals surface area contributed by atoms with Gasteiger partial charge in [-0.15, -0.1) is 0 Å². The number of para-hydroxylation sites is 2. The highest BCUT2D eigenvalue weighted by Crippen LogP contribution is 2.24. The van der Waals surface area contributed by atoms with Gasteiger partial charge in [-0.1, -0.05) is 30.3 Å². The van der Waals surface area contributed by atoms with Gasteiger partial charge in [-0.3, -0.25) is 4.79 Å². The molecule has 2 aromatic rings. The van der Waals surface area contributed by atoms with Gasteiger partial charge in [0.25, 0.3) is 0 Å². The fourth-order valence-corrected chi connectivity index (χ4v) is 1.39. The highest BCUT2D eigenvalue weighted by Gasteiger charge is 2.08. The van der Waals surface area contributed by atoms with Crippen molar-refractivity contribution in [3.05, 3.63) is 60.2 Å². The van der Waals surface area contributed by atoms with E-state index in [9.17, 15) is 4.79 Å². The molecule has 2 aromatic carbocycles. The fraction of sp³-hybridized carbons (Fsp3) is 0.0714. The predicted molar refractivity (Wildman–Crippen MR) is 61.8 cm³/mol. The van der Waals surface area contributed by atoms with Crippen molar-refractivity contribution in [2.45, 2.75) is 6.92 Å². The number of benzene rings is 2. The lowest BCUT2D eigenvalue weighted by atomic mass is 10.1. The van der Waals surface area contributed by atoms with Gasteiger partial charge in [0.2, 0.25) is 0 Å². The summed E-state index contributed by atoms with van der Waals surface area (Å²) < 4.78 is 5.59. The fourth-order valence-electron chi connectivity index (χ4n) is 1.39. The van der Waals surface area contributed by atoms with Gasteiger partial charge in [0, 0.05) is 6.07 Å². The molecular formula is C14H11O2. The Morgan fingerprint density at radius 2 is 1.88 bits per heavy atom. The second-order valence-electron chi connectivity index (χ2n) is 3.38. The van der Waals surface area contributed by atoms with Crippen LogP contribution >= 0.6 is 0 Å². The predicted octanol–water partition coefficient (Wildman–Crippen LogP) is 3.48. The normalized spacial score (nSPS) is 9.81. The van der Waals surface area contributed by atoms with Crippen LogP contribution in [0.2, 0.25) is 0 Å². The van der Waals surface area contributed by atoms with Crippen molar-refractivity contribution in [3.63, 3.8) is 0 Å². The molecule has 0 spiro atoms. The Bertz CT molecular complexity index is 489. The zero-order valence-electron chi connectivity index (χ0n) is 8.94. The topological polar surface area (TPSA) is 26.3 Å². The van der Waals surface area contributed by atoms with Crippen LogP contribution in [0, 0.1) is 6.07 Å². The molecule has 0 atom stereocenters. The molecule has 0 saturated heterocycles. The van der Waals surface area contributed by atoms with Crippen molar-refractivity contribution in [2.75, 3.05) is 0 Å². The van der Waals surface area contributed by atoms with Gasteiger partial charge in [0.15, 0.2) is 5.78 Å². The van der Waals surface area contributed by atoms with E-state index in [1.165, 1.54) is 6.92 Å². The number of rotatable bonds is 3.